The molecule has 6 rings (SSSR count). The minimum absolute atomic E-state index is 0.0285. The van der Waals surface area contributed by atoms with E-state index in [4.69, 9.17) is 4.74 Å². The van der Waals surface area contributed by atoms with Gasteiger partial charge in [-0.1, -0.05) is 0 Å². The van der Waals surface area contributed by atoms with E-state index in [0.717, 1.165) is 18.4 Å². The van der Waals surface area contributed by atoms with Crippen LogP contribution in [0.3, 0.4) is 0 Å². The fraction of sp³-hybridized carbons (Fsp3) is 0.355. The van der Waals surface area contributed by atoms with E-state index in [9.17, 15) is 23.5 Å². The number of hydrogen-bond acceptors (Lipinski definition) is 8. The molecule has 2 aliphatic rings. The van der Waals surface area contributed by atoms with E-state index in [1.54, 1.807) is 22.7 Å². The van der Waals surface area contributed by atoms with Crippen LogP contribution in [0.25, 0.3) is 16.9 Å². The third-order valence-electron chi connectivity index (χ3n) is 8.24. The summed E-state index contributed by atoms with van der Waals surface area (Å²) in [4.78, 5) is 34.4. The first kappa shape index (κ1) is 29.5. The van der Waals surface area contributed by atoms with E-state index < -0.39 is 17.7 Å². The highest BCUT2D eigenvalue weighted by Gasteiger charge is 2.32. The molecule has 0 bridgehead atoms. The number of benzene rings is 2. The smallest absolute Gasteiger partial charge is 0.251 e. The molecule has 3 heterocycles. The number of ether oxygens (including phenoxy) is 1. The number of anilines is 2. The Kier molecular flexibility index (Phi) is 8.15. The minimum atomic E-state index is -1.08. The maximum atomic E-state index is 14.8. The first-order valence-corrected chi connectivity index (χ1v) is 14.5. The number of carbonyl (C=O) groups excluding carboxylic acids is 2. The summed E-state index contributed by atoms with van der Waals surface area (Å²) in [6.07, 6.45) is 6.64. The molecule has 0 spiro atoms. The first-order chi connectivity index (χ1) is 21.2. The number of aliphatic hydroxyl groups excluding tert-OH is 1. The van der Waals surface area contributed by atoms with Gasteiger partial charge >= 0.3 is 0 Å². The van der Waals surface area contributed by atoms with Crippen molar-refractivity contribution in [2.45, 2.75) is 56.8 Å². The van der Waals surface area contributed by atoms with Crippen molar-refractivity contribution in [3.05, 3.63) is 71.7 Å². The molecule has 2 fully saturated rings. The van der Waals surface area contributed by atoms with Crippen molar-refractivity contribution in [3.63, 3.8) is 0 Å². The van der Waals surface area contributed by atoms with E-state index in [1.165, 1.54) is 31.6 Å². The van der Waals surface area contributed by atoms with Gasteiger partial charge in [0.1, 0.15) is 0 Å². The Bertz CT molecular complexity index is 1730. The van der Waals surface area contributed by atoms with Crippen molar-refractivity contribution in [2.24, 2.45) is 0 Å². The van der Waals surface area contributed by atoms with Gasteiger partial charge in [0.25, 0.3) is 5.91 Å². The standard InChI is InChI=1S/C31H33F2N7O4/c1-16-11-17(5-6-21(16)30(42)38-18-3-4-19(12-18)39-31(43)23-13-20(41)14-35-23)37-28-29-36-15-24(40(29)10-9-34-28)22-7-8-25(44-2)27(33)26(22)32/h5-11,15,18-20,23,35,41H,3-4,12-14H2,1-2H3,(H,34,37)(H,38,42)(H,39,43)/t18?,19?,20-,23+/m0/s1. The largest absolute Gasteiger partial charge is 0.494 e. The van der Waals surface area contributed by atoms with Gasteiger partial charge in [0.05, 0.1) is 31.1 Å². The molecule has 4 atom stereocenters. The van der Waals surface area contributed by atoms with Crippen molar-refractivity contribution in [3.8, 4) is 17.0 Å². The first-order valence-electron chi connectivity index (χ1n) is 14.5. The van der Waals surface area contributed by atoms with Gasteiger partial charge in [-0.05, 0) is 68.5 Å². The number of nitrogens with one attached hydrogen (secondary N) is 4. The Labute approximate surface area is 252 Å². The quantitative estimate of drug-likeness (QED) is 0.206. The van der Waals surface area contributed by atoms with E-state index in [2.05, 4.69) is 31.2 Å². The van der Waals surface area contributed by atoms with Crippen molar-refractivity contribution >= 4 is 29.0 Å². The molecule has 1 saturated carbocycles. The van der Waals surface area contributed by atoms with Crippen molar-refractivity contribution in [1.29, 1.82) is 0 Å². The number of β-amino-alcohol motifs (C(OH)–C–C–N with tert-alkyl or cyclic N) is 1. The second-order valence-corrected chi connectivity index (χ2v) is 11.3. The summed E-state index contributed by atoms with van der Waals surface area (Å²) in [6, 6.07) is 7.63. The average molecular weight is 606 g/mol. The highest BCUT2D eigenvalue weighted by atomic mass is 19.2. The number of fused-ring (bicyclic) bond motifs is 1. The molecule has 13 heteroatoms. The van der Waals surface area contributed by atoms with Gasteiger partial charge in [-0.25, -0.2) is 14.4 Å². The van der Waals surface area contributed by atoms with Crippen LogP contribution in [-0.4, -0.2) is 69.2 Å². The number of nitrogens with zero attached hydrogens (tertiary/aromatic N) is 3. The third-order valence-corrected chi connectivity index (χ3v) is 8.24. The van der Waals surface area contributed by atoms with Crippen molar-refractivity contribution in [2.75, 3.05) is 19.0 Å². The summed E-state index contributed by atoms with van der Waals surface area (Å²) >= 11 is 0. The lowest BCUT2D eigenvalue weighted by Crippen LogP contribution is -2.45. The predicted octanol–water partition coefficient (Wildman–Crippen LogP) is 3.23. The number of rotatable bonds is 8. The van der Waals surface area contributed by atoms with Crippen molar-refractivity contribution in [1.82, 2.24) is 30.3 Å². The zero-order valence-corrected chi connectivity index (χ0v) is 24.2. The zero-order chi connectivity index (χ0) is 31.0. The molecule has 4 aromatic rings. The van der Waals surface area contributed by atoms with E-state index in [-0.39, 0.29) is 41.3 Å². The molecule has 44 heavy (non-hydrogen) atoms. The van der Waals surface area contributed by atoms with Gasteiger partial charge in [-0.15, -0.1) is 0 Å². The monoisotopic (exact) mass is 605 g/mol. The molecule has 2 amide bonds. The lowest BCUT2D eigenvalue weighted by atomic mass is 10.1. The second kappa shape index (κ2) is 12.2. The second-order valence-electron chi connectivity index (χ2n) is 11.3. The Morgan fingerprint density at radius 1 is 1.07 bits per heavy atom. The van der Waals surface area contributed by atoms with Crippen LogP contribution >= 0.6 is 0 Å². The molecule has 2 aromatic heterocycles. The number of hydrogen-bond donors (Lipinski definition) is 5. The Hall–Kier alpha value is -4.62. The van der Waals surface area contributed by atoms with Gasteiger partial charge in [0, 0.05) is 47.8 Å². The molecule has 1 aliphatic heterocycles. The highest BCUT2D eigenvalue weighted by Crippen LogP contribution is 2.32. The van der Waals surface area contributed by atoms with Crippen LogP contribution in [-0.2, 0) is 4.79 Å². The minimum Gasteiger partial charge on any atom is -0.494 e. The summed E-state index contributed by atoms with van der Waals surface area (Å²) in [5.41, 5.74) is 2.71. The fourth-order valence-corrected chi connectivity index (χ4v) is 5.95. The van der Waals surface area contributed by atoms with Crippen molar-refractivity contribution < 1.29 is 28.2 Å². The molecule has 230 valence electrons. The molecule has 2 unspecified atom stereocenters. The molecule has 1 aliphatic carbocycles. The number of imidazole rings is 1. The van der Waals surface area contributed by atoms with Gasteiger partial charge in [0.15, 0.2) is 23.0 Å². The summed E-state index contributed by atoms with van der Waals surface area (Å²) < 4.78 is 35.7. The Morgan fingerprint density at radius 2 is 1.86 bits per heavy atom. The topological polar surface area (TPSA) is 142 Å². The fourth-order valence-electron chi connectivity index (χ4n) is 5.95. The van der Waals surface area contributed by atoms with Gasteiger partial charge < -0.3 is 31.1 Å². The van der Waals surface area contributed by atoms with Gasteiger partial charge in [-0.3, -0.25) is 14.0 Å². The summed E-state index contributed by atoms with van der Waals surface area (Å²) in [6.45, 7) is 2.25. The number of carbonyl (C=O) groups is 2. The molecule has 5 N–H and O–H groups in total. The number of aromatic nitrogens is 3. The van der Waals surface area contributed by atoms with E-state index in [0.29, 0.717) is 47.8 Å². The van der Waals surface area contributed by atoms with Crippen LogP contribution in [0.5, 0.6) is 5.75 Å². The van der Waals surface area contributed by atoms with Crippen LogP contribution in [0, 0.1) is 18.6 Å². The summed E-state index contributed by atoms with van der Waals surface area (Å²) in [5.74, 6) is -2.22. The Balaban J connectivity index is 1.11. The molecule has 0 radical (unpaired) electrons. The Morgan fingerprint density at radius 3 is 2.59 bits per heavy atom. The molecule has 2 aromatic carbocycles. The lowest BCUT2D eigenvalue weighted by molar-refractivity contribution is -0.123. The van der Waals surface area contributed by atoms with Crippen LogP contribution in [0.15, 0.2) is 48.9 Å². The number of aliphatic hydroxyl groups is 1. The van der Waals surface area contributed by atoms with Gasteiger partial charge in [0.2, 0.25) is 11.7 Å². The normalized spacial score (nSPS) is 21.4. The summed E-state index contributed by atoms with van der Waals surface area (Å²) in [5, 5.41) is 22.0. The lowest BCUT2D eigenvalue weighted by Gasteiger charge is -2.18. The maximum Gasteiger partial charge on any atom is 0.251 e. The van der Waals surface area contributed by atoms with Crippen LogP contribution in [0.2, 0.25) is 0 Å². The summed E-state index contributed by atoms with van der Waals surface area (Å²) in [7, 11) is 1.27. The molecule has 1 saturated heterocycles. The highest BCUT2D eigenvalue weighted by molar-refractivity contribution is 5.96. The molecule has 11 nitrogen and oxygen atoms in total. The average Bonchev–Trinajstić information content (AvgIpc) is 3.75. The number of aryl methyl sites for hydroxylation is 1. The van der Waals surface area contributed by atoms with Crippen LogP contribution in [0.1, 0.15) is 41.6 Å². The predicted molar refractivity (Wildman–Crippen MR) is 159 cm³/mol. The SMILES string of the molecule is COc1ccc(-c2cnc3c(Nc4ccc(C(=O)NC5CCC(NC(=O)[C@H]6C[C@H](O)CN6)C5)c(C)c4)nccn23)c(F)c1F. The number of methoxy groups -OCH3 is 1. The molecular weight excluding hydrogens is 572 g/mol. The maximum absolute atomic E-state index is 14.8. The number of halogens is 2. The third kappa shape index (κ3) is 5.80. The zero-order valence-electron chi connectivity index (χ0n) is 24.2. The molecular formula is C31H33F2N7O4. The van der Waals surface area contributed by atoms with E-state index in [1.807, 2.05) is 13.0 Å². The van der Waals surface area contributed by atoms with Crippen LogP contribution < -0.4 is 26.0 Å². The number of amides is 2. The van der Waals surface area contributed by atoms with Crippen LogP contribution in [0.4, 0.5) is 20.3 Å². The van der Waals surface area contributed by atoms with Gasteiger partial charge in [-0.2, -0.15) is 4.39 Å². The van der Waals surface area contributed by atoms with E-state index >= 15 is 0 Å².